The molecule has 0 N–H and O–H groups in total. The molecule has 0 spiro atoms. The number of ketones is 1. The first-order chi connectivity index (χ1) is 14.1. The number of rotatable bonds is 6. The average Bonchev–Trinajstić information content (AvgIpc) is 3.04. The molecule has 4 heterocycles. The number of Topliss-reactive ketones (excluding diaryl/α,β-unsaturated/α-hetero) is 1. The molecule has 0 aliphatic carbocycles. The van der Waals surface area contributed by atoms with Gasteiger partial charge in [-0.3, -0.25) is 19.7 Å². The molecule has 1 aliphatic heterocycles. The Bertz CT molecular complexity index is 1040. The molecule has 0 aromatic carbocycles. The second-order valence-electron chi connectivity index (χ2n) is 7.08. The molecule has 4 rings (SSSR count). The Hall–Kier alpha value is -3.19. The van der Waals surface area contributed by atoms with Gasteiger partial charge in [0.05, 0.1) is 43.8 Å². The van der Waals surface area contributed by atoms with Gasteiger partial charge in [-0.2, -0.15) is 0 Å². The number of carbonyl (C=O) groups excluding carboxylic acids is 1. The normalized spacial score (nSPS) is 13.9. The fourth-order valence-electron chi connectivity index (χ4n) is 3.52. The molecule has 148 valence electrons. The zero-order chi connectivity index (χ0) is 20.2. The standard InChI is InChI=1S/C22H23N5O2/c1-15-22(17-5-9-29-10-6-17)26-16(2)27(15)14-20(28)11-19-4-3-18(12-25-19)21-13-23-7-8-24-21/h3-5,7-8,12-13H,6,9-11,14H2,1-2H3. The first-order valence-corrected chi connectivity index (χ1v) is 9.65. The zero-order valence-corrected chi connectivity index (χ0v) is 16.6. The molecule has 3 aromatic heterocycles. The molecule has 29 heavy (non-hydrogen) atoms. The van der Waals surface area contributed by atoms with Crippen LogP contribution >= 0.6 is 0 Å². The molecule has 0 bridgehead atoms. The fourth-order valence-corrected chi connectivity index (χ4v) is 3.52. The Kier molecular flexibility index (Phi) is 5.57. The highest BCUT2D eigenvalue weighted by molar-refractivity contribution is 5.80. The van der Waals surface area contributed by atoms with Gasteiger partial charge in [-0.15, -0.1) is 0 Å². The van der Waals surface area contributed by atoms with E-state index in [-0.39, 0.29) is 12.2 Å². The maximum absolute atomic E-state index is 12.7. The van der Waals surface area contributed by atoms with Crippen LogP contribution in [0.3, 0.4) is 0 Å². The van der Waals surface area contributed by atoms with Gasteiger partial charge in [0.25, 0.3) is 0 Å². The van der Waals surface area contributed by atoms with Gasteiger partial charge in [-0.25, -0.2) is 4.98 Å². The zero-order valence-electron chi connectivity index (χ0n) is 16.6. The summed E-state index contributed by atoms with van der Waals surface area (Å²) in [6.45, 7) is 5.59. The van der Waals surface area contributed by atoms with Crippen molar-refractivity contribution in [2.24, 2.45) is 0 Å². The molecule has 7 heteroatoms. The van der Waals surface area contributed by atoms with E-state index in [2.05, 4.69) is 21.0 Å². The highest BCUT2D eigenvalue weighted by Crippen LogP contribution is 2.24. The van der Waals surface area contributed by atoms with Crippen LogP contribution in [0.25, 0.3) is 16.8 Å². The minimum atomic E-state index is 0.0980. The number of ether oxygens (including phenoxy) is 1. The number of hydrogen-bond acceptors (Lipinski definition) is 6. The van der Waals surface area contributed by atoms with Crippen LogP contribution in [0.2, 0.25) is 0 Å². The summed E-state index contributed by atoms with van der Waals surface area (Å²) < 4.78 is 7.37. The predicted molar refractivity (Wildman–Crippen MR) is 109 cm³/mol. The second-order valence-corrected chi connectivity index (χ2v) is 7.08. The summed E-state index contributed by atoms with van der Waals surface area (Å²) in [6.07, 6.45) is 9.92. The number of carbonyl (C=O) groups is 1. The van der Waals surface area contributed by atoms with Gasteiger partial charge in [0.2, 0.25) is 0 Å². The van der Waals surface area contributed by atoms with E-state index in [1.807, 2.05) is 30.5 Å². The monoisotopic (exact) mass is 389 g/mol. The molecule has 0 unspecified atom stereocenters. The lowest BCUT2D eigenvalue weighted by Gasteiger charge is -2.13. The average molecular weight is 389 g/mol. The Morgan fingerprint density at radius 3 is 2.76 bits per heavy atom. The third kappa shape index (κ3) is 4.30. The van der Waals surface area contributed by atoms with Gasteiger partial charge >= 0.3 is 0 Å². The van der Waals surface area contributed by atoms with Crippen LogP contribution in [0.5, 0.6) is 0 Å². The van der Waals surface area contributed by atoms with E-state index in [4.69, 9.17) is 9.72 Å². The minimum Gasteiger partial charge on any atom is -0.377 e. The quantitative estimate of drug-likeness (QED) is 0.645. The van der Waals surface area contributed by atoms with E-state index >= 15 is 0 Å². The molecule has 0 amide bonds. The minimum absolute atomic E-state index is 0.0980. The van der Waals surface area contributed by atoms with Gasteiger partial charge in [0, 0.05) is 35.5 Å². The molecule has 1 aliphatic rings. The lowest BCUT2D eigenvalue weighted by molar-refractivity contribution is -0.119. The highest BCUT2D eigenvalue weighted by atomic mass is 16.5. The molecule has 7 nitrogen and oxygen atoms in total. The van der Waals surface area contributed by atoms with Crippen molar-refractivity contribution in [2.75, 3.05) is 13.2 Å². The van der Waals surface area contributed by atoms with Gasteiger partial charge in [-0.05, 0) is 38.0 Å². The van der Waals surface area contributed by atoms with Crippen molar-refractivity contribution in [3.05, 3.63) is 65.9 Å². The van der Waals surface area contributed by atoms with Crippen molar-refractivity contribution in [1.82, 2.24) is 24.5 Å². The summed E-state index contributed by atoms with van der Waals surface area (Å²) in [5.41, 5.74) is 5.58. The van der Waals surface area contributed by atoms with Gasteiger partial charge < -0.3 is 9.30 Å². The van der Waals surface area contributed by atoms with Crippen molar-refractivity contribution in [2.45, 2.75) is 33.2 Å². The third-order valence-corrected chi connectivity index (χ3v) is 5.08. The van der Waals surface area contributed by atoms with Crippen molar-refractivity contribution in [3.63, 3.8) is 0 Å². The van der Waals surface area contributed by atoms with Crippen LogP contribution in [-0.4, -0.2) is 43.5 Å². The molecule has 0 saturated heterocycles. The topological polar surface area (TPSA) is 82.8 Å². The lowest BCUT2D eigenvalue weighted by atomic mass is 10.1. The molecule has 3 aromatic rings. The number of pyridine rings is 1. The number of imidazole rings is 1. The first-order valence-electron chi connectivity index (χ1n) is 9.65. The fraction of sp³-hybridized carbons (Fsp3) is 0.318. The summed E-state index contributed by atoms with van der Waals surface area (Å²) in [7, 11) is 0. The van der Waals surface area contributed by atoms with Crippen LogP contribution in [0, 0.1) is 13.8 Å². The highest BCUT2D eigenvalue weighted by Gasteiger charge is 2.18. The van der Waals surface area contributed by atoms with Crippen LogP contribution < -0.4 is 0 Å². The van der Waals surface area contributed by atoms with E-state index < -0.39 is 0 Å². The largest absolute Gasteiger partial charge is 0.377 e. The summed E-state index contributed by atoms with van der Waals surface area (Å²) >= 11 is 0. The van der Waals surface area contributed by atoms with Gasteiger partial charge in [0.1, 0.15) is 5.82 Å². The maximum atomic E-state index is 12.7. The molecule has 0 atom stereocenters. The molecule has 0 radical (unpaired) electrons. The summed E-state index contributed by atoms with van der Waals surface area (Å²) in [5, 5.41) is 0. The Balaban J connectivity index is 1.45. The van der Waals surface area contributed by atoms with Crippen LogP contribution in [-0.2, 0) is 22.5 Å². The number of nitrogens with zero attached hydrogens (tertiary/aromatic N) is 5. The third-order valence-electron chi connectivity index (χ3n) is 5.08. The second kappa shape index (κ2) is 8.45. The van der Waals surface area contributed by atoms with Crippen molar-refractivity contribution in [1.29, 1.82) is 0 Å². The van der Waals surface area contributed by atoms with Crippen LogP contribution in [0.1, 0.15) is 29.3 Å². The number of hydrogen-bond donors (Lipinski definition) is 0. The summed E-state index contributed by atoms with van der Waals surface area (Å²) in [6, 6.07) is 3.79. The van der Waals surface area contributed by atoms with Crippen molar-refractivity contribution in [3.8, 4) is 11.3 Å². The summed E-state index contributed by atoms with van der Waals surface area (Å²) in [5.74, 6) is 0.949. The lowest BCUT2D eigenvalue weighted by Crippen LogP contribution is -2.15. The smallest absolute Gasteiger partial charge is 0.158 e. The van der Waals surface area contributed by atoms with E-state index in [1.54, 1.807) is 24.8 Å². The molecular weight excluding hydrogens is 366 g/mol. The van der Waals surface area contributed by atoms with E-state index in [1.165, 1.54) is 5.57 Å². The number of aryl methyl sites for hydroxylation is 1. The number of aromatic nitrogens is 5. The first kappa shape index (κ1) is 19.1. The van der Waals surface area contributed by atoms with E-state index in [0.717, 1.165) is 40.6 Å². The Labute approximate surface area is 169 Å². The van der Waals surface area contributed by atoms with Crippen LogP contribution in [0.15, 0.2) is 43.0 Å². The van der Waals surface area contributed by atoms with Gasteiger partial charge in [0.15, 0.2) is 5.78 Å². The maximum Gasteiger partial charge on any atom is 0.158 e. The molecule has 0 saturated carbocycles. The van der Waals surface area contributed by atoms with Crippen molar-refractivity contribution < 1.29 is 9.53 Å². The van der Waals surface area contributed by atoms with E-state index in [0.29, 0.717) is 19.8 Å². The predicted octanol–water partition coefficient (Wildman–Crippen LogP) is 2.97. The molecule has 0 fully saturated rings. The van der Waals surface area contributed by atoms with Gasteiger partial charge in [-0.1, -0.05) is 6.08 Å². The van der Waals surface area contributed by atoms with Crippen molar-refractivity contribution >= 4 is 11.4 Å². The van der Waals surface area contributed by atoms with Crippen LogP contribution in [0.4, 0.5) is 0 Å². The summed E-state index contributed by atoms with van der Waals surface area (Å²) in [4.78, 5) is 30.1. The Morgan fingerprint density at radius 1 is 1.17 bits per heavy atom. The Morgan fingerprint density at radius 2 is 2.07 bits per heavy atom. The SMILES string of the molecule is Cc1nc(C2=CCOCC2)c(C)n1CC(=O)Cc1ccc(-c2cnccn2)cn1. The molecular formula is C22H23N5O2. The van der Waals surface area contributed by atoms with E-state index in [9.17, 15) is 4.79 Å².